The van der Waals surface area contributed by atoms with Crippen LogP contribution in [0, 0.1) is 0 Å². The molecule has 0 heterocycles. The largest absolute Gasteiger partial charge is 0.480 e. The van der Waals surface area contributed by atoms with Crippen LogP contribution in [-0.2, 0) is 30.4 Å². The average molecular weight is 554 g/mol. The zero-order chi connectivity index (χ0) is 29.3. The second kappa shape index (κ2) is 17.9. The van der Waals surface area contributed by atoms with Gasteiger partial charge in [-0.2, -0.15) is 0 Å². The Balaban J connectivity index is 2.86. The van der Waals surface area contributed by atoms with Crippen LogP contribution in [0.4, 0.5) is 5.69 Å². The average Bonchev–Trinajstić information content (AvgIpc) is 2.83. The lowest BCUT2D eigenvalue weighted by Crippen LogP contribution is -2.59. The van der Waals surface area contributed by atoms with E-state index in [1.807, 2.05) is 12.1 Å². The lowest BCUT2D eigenvalue weighted by atomic mass is 10.1. The monoisotopic (exact) mass is 553 g/mol. The molecular formula is C26H41N4O9+. The van der Waals surface area contributed by atoms with Gasteiger partial charge in [-0.3, -0.25) is 19.3 Å². The molecule has 0 saturated carbocycles. The zero-order valence-electron chi connectivity index (χ0n) is 22.4. The summed E-state index contributed by atoms with van der Waals surface area (Å²) in [6, 6.07) is 7.41. The van der Waals surface area contributed by atoms with E-state index in [0.29, 0.717) is 5.69 Å². The van der Waals surface area contributed by atoms with Crippen molar-refractivity contribution in [1.29, 1.82) is 0 Å². The number of nitrogens with zero attached hydrogens (tertiary/aromatic N) is 2. The Hall–Kier alpha value is -3.55. The third kappa shape index (κ3) is 15.5. The van der Waals surface area contributed by atoms with E-state index < -0.39 is 53.9 Å². The minimum atomic E-state index is -1.26. The molecule has 0 aliphatic carbocycles. The van der Waals surface area contributed by atoms with Crippen LogP contribution < -0.4 is 10.6 Å². The maximum Gasteiger partial charge on any atom is 0.359 e. The molecule has 218 valence electrons. The molecule has 0 unspecified atom stereocenters. The third-order valence-electron chi connectivity index (χ3n) is 6.15. The first-order valence-electron chi connectivity index (χ1n) is 13.0. The number of unbranched alkanes of at least 4 members (excludes halogenated alkanes) is 3. The minimum Gasteiger partial charge on any atom is -0.480 e. The van der Waals surface area contributed by atoms with Crippen LogP contribution in [-0.4, -0.2) is 118 Å². The highest BCUT2D eigenvalue weighted by atomic mass is 16.4. The summed E-state index contributed by atoms with van der Waals surface area (Å²) in [6.07, 6.45) is 5.54. The van der Waals surface area contributed by atoms with Gasteiger partial charge in [0.05, 0.1) is 32.7 Å². The summed E-state index contributed by atoms with van der Waals surface area (Å²) >= 11 is 0. The molecule has 0 bridgehead atoms. The summed E-state index contributed by atoms with van der Waals surface area (Å²) in [6.45, 7) is -0.340. The molecule has 0 radical (unpaired) electrons. The number of carboxylic acid groups (broad SMARTS) is 4. The molecule has 0 fully saturated rings. The van der Waals surface area contributed by atoms with Crippen molar-refractivity contribution in [3.63, 3.8) is 0 Å². The van der Waals surface area contributed by atoms with E-state index in [4.69, 9.17) is 5.11 Å². The maximum absolute atomic E-state index is 12.7. The van der Waals surface area contributed by atoms with Crippen molar-refractivity contribution in [2.75, 3.05) is 64.2 Å². The smallest absolute Gasteiger partial charge is 0.359 e. The van der Waals surface area contributed by atoms with E-state index in [9.17, 15) is 39.3 Å². The number of aliphatic carboxylic acids is 4. The van der Waals surface area contributed by atoms with Crippen molar-refractivity contribution in [3.05, 3.63) is 29.8 Å². The fraction of sp³-hybridized carbons (Fsp3) is 0.577. The number of quaternary nitrogens is 1. The molecule has 0 aliphatic rings. The molecule has 0 aliphatic heterocycles. The van der Waals surface area contributed by atoms with E-state index in [1.165, 1.54) is 11.3 Å². The summed E-state index contributed by atoms with van der Waals surface area (Å²) in [5.41, 5.74) is 1.71. The molecule has 39 heavy (non-hydrogen) atoms. The normalized spacial score (nSPS) is 11.3. The molecule has 0 spiro atoms. The zero-order valence-corrected chi connectivity index (χ0v) is 22.4. The Morgan fingerprint density at radius 2 is 1.44 bits per heavy atom. The van der Waals surface area contributed by atoms with Crippen molar-refractivity contribution < 1.29 is 48.9 Å². The van der Waals surface area contributed by atoms with Gasteiger partial charge in [0.15, 0.2) is 13.1 Å². The van der Waals surface area contributed by atoms with Gasteiger partial charge < -0.3 is 35.5 Å². The molecule has 13 nitrogen and oxygen atoms in total. The van der Waals surface area contributed by atoms with E-state index in [0.717, 1.165) is 31.2 Å². The quantitative estimate of drug-likeness (QED) is 0.0878. The molecular weight excluding hydrogens is 512 g/mol. The number of rotatable bonds is 22. The Labute approximate surface area is 228 Å². The highest BCUT2D eigenvalue weighted by Gasteiger charge is 2.34. The Morgan fingerprint density at radius 3 is 1.97 bits per heavy atom. The molecule has 1 rings (SSSR count). The Bertz CT molecular complexity index is 937. The highest BCUT2D eigenvalue weighted by Crippen LogP contribution is 2.13. The summed E-state index contributed by atoms with van der Waals surface area (Å²) in [4.78, 5) is 59.3. The maximum atomic E-state index is 12.7. The fourth-order valence-electron chi connectivity index (χ4n) is 4.24. The van der Waals surface area contributed by atoms with Crippen LogP contribution in [0.2, 0.25) is 0 Å². The molecule has 0 atom stereocenters. The van der Waals surface area contributed by atoms with Crippen LogP contribution in [0.5, 0.6) is 0 Å². The van der Waals surface area contributed by atoms with Crippen LogP contribution in [0.15, 0.2) is 24.3 Å². The predicted molar refractivity (Wildman–Crippen MR) is 142 cm³/mol. The molecule has 1 aromatic rings. The molecule has 1 aromatic carbocycles. The molecule has 0 saturated heterocycles. The molecule has 1 amide bonds. The van der Waals surface area contributed by atoms with Crippen molar-refractivity contribution in [3.8, 4) is 0 Å². The number of nitrogens with one attached hydrogen (secondary N) is 2. The van der Waals surface area contributed by atoms with E-state index in [1.54, 1.807) is 12.1 Å². The third-order valence-corrected chi connectivity index (χ3v) is 6.15. The van der Waals surface area contributed by atoms with Gasteiger partial charge in [-0.05, 0) is 30.5 Å². The van der Waals surface area contributed by atoms with E-state index in [-0.39, 0.29) is 39.3 Å². The SMILES string of the molecule is CCCCCCc1ccc(NC(=O)CN(CC[N+](CCNCC(=O)O)(CC(=O)O)CC(=O)O)CC(=O)O)cc1. The lowest BCUT2D eigenvalue weighted by molar-refractivity contribution is -0.912. The fourth-order valence-corrected chi connectivity index (χ4v) is 4.24. The molecule has 6 N–H and O–H groups in total. The highest BCUT2D eigenvalue weighted by molar-refractivity contribution is 5.92. The number of amides is 1. The Kier molecular flexibility index (Phi) is 15.3. The number of aryl methyl sites for hydroxylation is 1. The minimum absolute atomic E-state index is 0.0240. The van der Waals surface area contributed by atoms with Gasteiger partial charge in [0.25, 0.3) is 0 Å². The summed E-state index contributed by atoms with van der Waals surface area (Å²) in [5, 5.41) is 42.3. The van der Waals surface area contributed by atoms with Crippen molar-refractivity contribution in [1.82, 2.24) is 10.2 Å². The van der Waals surface area contributed by atoms with Gasteiger partial charge in [-0.1, -0.05) is 38.3 Å². The van der Waals surface area contributed by atoms with Crippen LogP contribution in [0.25, 0.3) is 0 Å². The summed E-state index contributed by atoms with van der Waals surface area (Å²) in [7, 11) is 0. The van der Waals surface area contributed by atoms with E-state index >= 15 is 0 Å². The predicted octanol–water partition coefficient (Wildman–Crippen LogP) is 0.795. The number of carbonyl (C=O) groups excluding carboxylic acids is 1. The second-order valence-corrected chi connectivity index (χ2v) is 9.62. The number of carbonyl (C=O) groups is 5. The van der Waals surface area contributed by atoms with Gasteiger partial charge in [0.2, 0.25) is 5.91 Å². The van der Waals surface area contributed by atoms with Crippen LogP contribution in [0.1, 0.15) is 38.2 Å². The number of anilines is 1. The number of hydrogen-bond donors (Lipinski definition) is 6. The van der Waals surface area contributed by atoms with Crippen molar-refractivity contribution in [2.24, 2.45) is 0 Å². The van der Waals surface area contributed by atoms with Crippen LogP contribution >= 0.6 is 0 Å². The summed E-state index contributed by atoms with van der Waals surface area (Å²) < 4.78 is -0.464. The molecule has 0 aromatic heterocycles. The summed E-state index contributed by atoms with van der Waals surface area (Å²) in [5.74, 6) is -5.31. The first-order chi connectivity index (χ1) is 18.4. The van der Waals surface area contributed by atoms with Gasteiger partial charge in [-0.25, -0.2) is 9.59 Å². The van der Waals surface area contributed by atoms with Crippen molar-refractivity contribution >= 4 is 35.5 Å². The number of benzene rings is 1. The Morgan fingerprint density at radius 1 is 0.795 bits per heavy atom. The molecule has 13 heteroatoms. The van der Waals surface area contributed by atoms with E-state index in [2.05, 4.69) is 17.6 Å². The van der Waals surface area contributed by atoms with Crippen LogP contribution in [0.3, 0.4) is 0 Å². The first kappa shape index (κ1) is 33.5. The van der Waals surface area contributed by atoms with Gasteiger partial charge in [-0.15, -0.1) is 0 Å². The topological polar surface area (TPSA) is 194 Å². The number of hydrogen-bond acceptors (Lipinski definition) is 7. The van der Waals surface area contributed by atoms with Gasteiger partial charge >= 0.3 is 23.9 Å². The standard InChI is InChI=1S/C26H40N4O9/c1-2-3-4-5-6-20-7-9-21(10-8-20)28-22(31)16-29(17-24(34)35)12-14-30(18-25(36)37,19-26(38)39)13-11-27-15-23(32)33/h7-10,27H,2-6,11-19H2,1H3,(H4-,28,31,32,33,34,35,36,37,38,39)/p+1. The van der Waals surface area contributed by atoms with Gasteiger partial charge in [0.1, 0.15) is 0 Å². The number of carboxylic acids is 4. The second-order valence-electron chi connectivity index (χ2n) is 9.62. The lowest BCUT2D eigenvalue weighted by Gasteiger charge is -2.37. The van der Waals surface area contributed by atoms with Crippen molar-refractivity contribution in [2.45, 2.75) is 39.0 Å². The van der Waals surface area contributed by atoms with Gasteiger partial charge in [0, 0.05) is 18.8 Å². The first-order valence-corrected chi connectivity index (χ1v) is 13.0.